The fraction of sp³-hybridized carbons (Fsp3) is 0.478. The Hall–Kier alpha value is -3.88. The van der Waals surface area contributed by atoms with E-state index in [2.05, 4.69) is 35.8 Å². The molecule has 4 unspecified atom stereocenters. The zero-order valence-electron chi connectivity index (χ0n) is 24.1. The summed E-state index contributed by atoms with van der Waals surface area (Å²) in [5.74, 6) is 1.98. The van der Waals surface area contributed by atoms with Crippen molar-refractivity contribution in [3.63, 3.8) is 0 Å². The molecule has 48 heavy (non-hydrogen) atoms. The summed E-state index contributed by atoms with van der Waals surface area (Å²) in [6.07, 6.45) is -3.77. The Morgan fingerprint density at radius 3 is 2.25 bits per heavy atom. The van der Waals surface area contributed by atoms with Gasteiger partial charge in [0.05, 0.1) is 25.9 Å². The second-order valence-corrected chi connectivity index (χ2v) is 13.4. The van der Waals surface area contributed by atoms with Crippen molar-refractivity contribution in [2.24, 2.45) is 0 Å². The molecule has 0 radical (unpaired) electrons. The van der Waals surface area contributed by atoms with Gasteiger partial charge in [0.2, 0.25) is 11.8 Å². The van der Waals surface area contributed by atoms with E-state index >= 15 is 0 Å². The fourth-order valence-electron chi connectivity index (χ4n) is 5.47. The Balaban J connectivity index is 1.20. The number of nitrogen functional groups attached to an aromatic ring is 2. The number of aromatic nitrogens is 8. The Morgan fingerprint density at radius 2 is 1.52 bits per heavy atom. The molecule has 2 bridgehead atoms. The number of nitrogens with two attached hydrogens (primary N) is 2. The molecule has 0 saturated carbocycles. The molecule has 3 saturated heterocycles. The van der Waals surface area contributed by atoms with Crippen LogP contribution in [0.25, 0.3) is 22.3 Å². The largest absolute Gasteiger partial charge is 0.472 e. The topological polar surface area (TPSA) is 319 Å². The maximum absolute atomic E-state index is 13.3. The molecule has 3 fully saturated rings. The monoisotopic (exact) mass is 712 g/mol. The van der Waals surface area contributed by atoms with Gasteiger partial charge in [0, 0.05) is 0 Å². The van der Waals surface area contributed by atoms with Crippen molar-refractivity contribution >= 4 is 49.7 Å². The number of fused-ring (bicyclic) bond motifs is 5. The maximum Gasteiger partial charge on any atom is 0.472 e. The molecule has 8 N–H and O–H groups in total. The molecule has 23 nitrogen and oxygen atoms in total. The highest BCUT2D eigenvalue weighted by molar-refractivity contribution is 7.47. The molecule has 25 heteroatoms. The van der Waals surface area contributed by atoms with Crippen LogP contribution < -0.4 is 16.2 Å². The van der Waals surface area contributed by atoms with Crippen molar-refractivity contribution in [2.75, 3.05) is 31.3 Å². The highest BCUT2D eigenvalue weighted by atomic mass is 31.2. The van der Waals surface area contributed by atoms with Crippen LogP contribution in [0.5, 0.6) is 5.88 Å². The minimum Gasteiger partial charge on any atom is -0.463 e. The van der Waals surface area contributed by atoms with Crippen LogP contribution in [-0.4, -0.2) is 115 Å². The Kier molecular flexibility index (Phi) is 8.31. The Morgan fingerprint density at radius 1 is 0.875 bits per heavy atom. The van der Waals surface area contributed by atoms with Crippen molar-refractivity contribution in [1.29, 1.82) is 0 Å². The van der Waals surface area contributed by atoms with Gasteiger partial charge in [-0.25, -0.2) is 29.1 Å². The normalized spacial score (nSPS) is 35.8. The molecule has 0 amide bonds. The number of aliphatic hydroxyl groups excluding tert-OH is 2. The third-order valence-electron chi connectivity index (χ3n) is 7.57. The molecule has 10 atom stereocenters. The van der Waals surface area contributed by atoms with Crippen LogP contribution in [0, 0.1) is 12.3 Å². The number of hydrogen-bond donors (Lipinski definition) is 6. The van der Waals surface area contributed by atoms with E-state index in [0.717, 1.165) is 6.33 Å². The van der Waals surface area contributed by atoms with Gasteiger partial charge in [-0.05, 0) is 0 Å². The summed E-state index contributed by atoms with van der Waals surface area (Å²) < 4.78 is 67.1. The lowest BCUT2D eigenvalue weighted by Crippen LogP contribution is -2.36. The number of rotatable bonds is 4. The quantitative estimate of drug-likeness (QED) is 0.102. The summed E-state index contributed by atoms with van der Waals surface area (Å²) >= 11 is 0. The molecule has 256 valence electrons. The van der Waals surface area contributed by atoms with Crippen molar-refractivity contribution < 1.29 is 61.4 Å². The number of terminal acetylenes is 1. The van der Waals surface area contributed by atoms with Crippen LogP contribution in [0.2, 0.25) is 0 Å². The van der Waals surface area contributed by atoms with Crippen molar-refractivity contribution in [3.05, 3.63) is 19.0 Å². The molecule has 4 aromatic heterocycles. The zero-order valence-corrected chi connectivity index (χ0v) is 25.9. The van der Waals surface area contributed by atoms with Gasteiger partial charge in [-0.3, -0.25) is 27.2 Å². The summed E-state index contributed by atoms with van der Waals surface area (Å²) in [7, 11) is -10.2. The van der Waals surface area contributed by atoms with Gasteiger partial charge >= 0.3 is 15.6 Å². The van der Waals surface area contributed by atoms with Gasteiger partial charge in [-0.15, -0.1) is 6.42 Å². The minimum atomic E-state index is -5.12. The molecular weight excluding hydrogens is 686 g/mol. The van der Waals surface area contributed by atoms with Gasteiger partial charge in [-0.1, -0.05) is 5.92 Å². The SMILES string of the molecule is C#CCOc1nc(N)nc2c1ncn2[C@@H]1O[C@@H]2COP(=O)(O)OC3[C@@H](COP(=O)(O)OC1[C@H]2O)O[C@@H](n1cnc2c(N)ncnc21)[C@H]3O. The summed E-state index contributed by atoms with van der Waals surface area (Å²) in [5.41, 5.74) is 12.1. The van der Waals surface area contributed by atoms with Crippen LogP contribution in [-0.2, 0) is 36.7 Å². The van der Waals surface area contributed by atoms with E-state index in [1.54, 1.807) is 0 Å². The van der Waals surface area contributed by atoms with Crippen LogP contribution >= 0.6 is 15.6 Å². The zero-order chi connectivity index (χ0) is 34.0. The first kappa shape index (κ1) is 32.7. The van der Waals surface area contributed by atoms with Gasteiger partial charge in [0.1, 0.15) is 48.5 Å². The van der Waals surface area contributed by atoms with Crippen molar-refractivity contribution in [1.82, 2.24) is 39.0 Å². The first-order chi connectivity index (χ1) is 22.9. The summed E-state index contributed by atoms with van der Waals surface area (Å²) in [6.45, 7) is -1.81. The molecule has 4 aromatic rings. The number of imidazole rings is 2. The lowest BCUT2D eigenvalue weighted by molar-refractivity contribution is -0.0672. The van der Waals surface area contributed by atoms with E-state index in [-0.39, 0.29) is 46.6 Å². The first-order valence-electron chi connectivity index (χ1n) is 13.8. The molecule has 0 spiro atoms. The highest BCUT2D eigenvalue weighted by Gasteiger charge is 2.54. The lowest BCUT2D eigenvalue weighted by Gasteiger charge is -2.25. The number of hydrogen-bond acceptors (Lipinski definition) is 19. The maximum atomic E-state index is 13.3. The van der Waals surface area contributed by atoms with Crippen molar-refractivity contribution in [2.45, 2.75) is 49.1 Å². The highest BCUT2D eigenvalue weighted by Crippen LogP contribution is 2.53. The summed E-state index contributed by atoms with van der Waals surface area (Å²) in [4.78, 5) is 45.8. The molecule has 3 aliphatic rings. The van der Waals surface area contributed by atoms with Crippen LogP contribution in [0.15, 0.2) is 19.0 Å². The van der Waals surface area contributed by atoms with Crippen LogP contribution in [0.1, 0.15) is 12.5 Å². The predicted octanol–water partition coefficient (Wildman–Crippen LogP) is -1.62. The molecule has 0 aromatic carbocycles. The molecule has 7 rings (SSSR count). The number of phosphoric ester groups is 2. The second kappa shape index (κ2) is 12.2. The van der Waals surface area contributed by atoms with E-state index in [0.29, 0.717) is 0 Å². The van der Waals surface area contributed by atoms with E-state index in [4.69, 9.17) is 50.2 Å². The summed E-state index contributed by atoms with van der Waals surface area (Å²) in [6, 6.07) is 0. The summed E-state index contributed by atoms with van der Waals surface area (Å²) in [5, 5.41) is 22.3. The van der Waals surface area contributed by atoms with Crippen molar-refractivity contribution in [3.8, 4) is 18.2 Å². The number of nitrogens with zero attached hydrogens (tertiary/aromatic N) is 8. The second-order valence-electron chi connectivity index (χ2n) is 10.6. The third kappa shape index (κ3) is 5.87. The average molecular weight is 712 g/mol. The van der Waals surface area contributed by atoms with E-state index in [1.807, 2.05) is 0 Å². The standard InChI is InChI=1S/C23H26N10O13P2/c1-2-3-40-20-12-19(30-23(25)31-20)33(8-29-12)22-16-13(34)9(43-22)4-41-47(36,37)45-15-10(5-42-48(38,39)46-16)44-21(14(15)35)32-7-28-11-17(24)26-6-27-18(11)32/h1,6-10,13-16,21-22,34-35H,3-5H2,(H,36,37)(H,38,39)(H2,24,26,27)(H2,25,30,31)/t9-,10-,13+,14+,15?,16?,21-,22-/m1/s1. The number of ether oxygens (including phenoxy) is 3. The van der Waals surface area contributed by atoms with Crippen LogP contribution in [0.3, 0.4) is 0 Å². The Labute approximate surface area is 267 Å². The van der Waals surface area contributed by atoms with Gasteiger partial charge in [0.25, 0.3) is 0 Å². The minimum absolute atomic E-state index is 0.00543. The number of anilines is 2. The molecule has 7 heterocycles. The average Bonchev–Trinajstić information content (AvgIpc) is 3.79. The van der Waals surface area contributed by atoms with Gasteiger partial charge in [0.15, 0.2) is 41.7 Å². The third-order valence-corrected chi connectivity index (χ3v) is 9.54. The number of aliphatic hydroxyl groups is 2. The molecule has 3 aliphatic heterocycles. The van der Waals surface area contributed by atoms with Gasteiger partial charge < -0.3 is 45.7 Å². The van der Waals surface area contributed by atoms with E-state index < -0.39 is 77.9 Å². The Bertz CT molecular complexity index is 2010. The molecule has 0 aliphatic carbocycles. The smallest absolute Gasteiger partial charge is 0.463 e. The predicted molar refractivity (Wildman–Crippen MR) is 155 cm³/mol. The van der Waals surface area contributed by atoms with Gasteiger partial charge in [-0.2, -0.15) is 9.97 Å². The van der Waals surface area contributed by atoms with Crippen LogP contribution in [0.4, 0.5) is 11.8 Å². The first-order valence-corrected chi connectivity index (χ1v) is 16.8. The van der Waals surface area contributed by atoms with E-state index in [1.165, 1.54) is 21.8 Å². The number of phosphoric acid groups is 2. The molecular formula is C23H26N10O13P2. The van der Waals surface area contributed by atoms with E-state index in [9.17, 15) is 29.1 Å². The fourth-order valence-corrected chi connectivity index (χ4v) is 7.37. The lowest BCUT2D eigenvalue weighted by atomic mass is 10.1.